The van der Waals surface area contributed by atoms with E-state index >= 15 is 0 Å². The summed E-state index contributed by atoms with van der Waals surface area (Å²) in [5, 5.41) is 3.06. The van der Waals surface area contributed by atoms with Gasteiger partial charge >= 0.3 is 0 Å². The fraction of sp³-hybridized carbons (Fsp3) is 0.125. The molecule has 0 atom stereocenters. The lowest BCUT2D eigenvalue weighted by Gasteiger charge is -2.11. The Labute approximate surface area is 149 Å². The van der Waals surface area contributed by atoms with E-state index in [1.807, 2.05) is 0 Å². The SMILES string of the molecule is CNCc1cn(S(=O)(=O)c2cccnc2)c(-c2cccnc2F)c1Cl. The van der Waals surface area contributed by atoms with Gasteiger partial charge in [0.2, 0.25) is 5.95 Å². The van der Waals surface area contributed by atoms with Crippen molar-refractivity contribution in [1.29, 1.82) is 0 Å². The van der Waals surface area contributed by atoms with Gasteiger partial charge in [-0.3, -0.25) is 4.98 Å². The molecule has 0 saturated carbocycles. The van der Waals surface area contributed by atoms with Gasteiger partial charge in [-0.05, 0) is 31.3 Å². The van der Waals surface area contributed by atoms with E-state index in [2.05, 4.69) is 15.3 Å². The Kier molecular flexibility index (Phi) is 4.85. The van der Waals surface area contributed by atoms with E-state index in [1.165, 1.54) is 49.1 Å². The van der Waals surface area contributed by atoms with Gasteiger partial charge in [-0.1, -0.05) is 11.6 Å². The molecule has 0 bridgehead atoms. The standard InChI is InChI=1S/C16H14ClFN4O2S/c1-19-8-11-10-22(25(23,24)12-4-2-6-20-9-12)15(14(11)17)13-5-3-7-21-16(13)18/h2-7,9-10,19H,8H2,1H3. The maximum atomic E-state index is 14.2. The summed E-state index contributed by atoms with van der Waals surface area (Å²) in [6.07, 6.45) is 5.35. The van der Waals surface area contributed by atoms with Gasteiger partial charge in [0.25, 0.3) is 10.0 Å². The number of halogens is 2. The molecule has 9 heteroatoms. The maximum Gasteiger partial charge on any atom is 0.269 e. The molecule has 3 heterocycles. The Bertz CT molecular complexity index is 1010. The third-order valence-electron chi connectivity index (χ3n) is 3.56. The molecule has 0 saturated heterocycles. The zero-order valence-electron chi connectivity index (χ0n) is 13.1. The van der Waals surface area contributed by atoms with Crippen LogP contribution in [0.4, 0.5) is 4.39 Å². The van der Waals surface area contributed by atoms with E-state index in [0.29, 0.717) is 12.1 Å². The molecule has 0 radical (unpaired) electrons. The Morgan fingerprint density at radius 3 is 2.68 bits per heavy atom. The van der Waals surface area contributed by atoms with Crippen molar-refractivity contribution in [3.05, 3.63) is 65.6 Å². The molecule has 0 spiro atoms. The normalized spacial score (nSPS) is 11.6. The second kappa shape index (κ2) is 6.91. The molecule has 0 aliphatic rings. The number of hydrogen-bond donors (Lipinski definition) is 1. The summed E-state index contributed by atoms with van der Waals surface area (Å²) < 4.78 is 41.2. The van der Waals surface area contributed by atoms with Crippen LogP contribution in [0.2, 0.25) is 5.02 Å². The number of rotatable bonds is 5. The molecular formula is C16H14ClFN4O2S. The van der Waals surface area contributed by atoms with Gasteiger partial charge in [-0.25, -0.2) is 17.4 Å². The van der Waals surface area contributed by atoms with Crippen LogP contribution in [-0.4, -0.2) is 29.4 Å². The first-order valence-electron chi connectivity index (χ1n) is 7.27. The maximum absolute atomic E-state index is 14.2. The molecule has 0 aliphatic carbocycles. The number of pyridine rings is 2. The number of nitrogens with zero attached hydrogens (tertiary/aromatic N) is 3. The third kappa shape index (κ3) is 3.15. The molecule has 1 N–H and O–H groups in total. The molecule has 0 fully saturated rings. The molecule has 3 rings (SSSR count). The largest absolute Gasteiger partial charge is 0.316 e. The van der Waals surface area contributed by atoms with E-state index in [4.69, 9.17) is 11.6 Å². The van der Waals surface area contributed by atoms with E-state index < -0.39 is 16.0 Å². The zero-order chi connectivity index (χ0) is 18.0. The van der Waals surface area contributed by atoms with Crippen molar-refractivity contribution in [1.82, 2.24) is 19.3 Å². The van der Waals surface area contributed by atoms with Crippen LogP contribution in [-0.2, 0) is 16.6 Å². The van der Waals surface area contributed by atoms with Crippen LogP contribution in [0.15, 0.2) is 53.9 Å². The number of nitrogens with one attached hydrogen (secondary N) is 1. The summed E-state index contributed by atoms with van der Waals surface area (Å²) in [7, 11) is -2.31. The molecule has 6 nitrogen and oxygen atoms in total. The van der Waals surface area contributed by atoms with Gasteiger partial charge in [0.1, 0.15) is 4.90 Å². The van der Waals surface area contributed by atoms with Crippen molar-refractivity contribution in [2.45, 2.75) is 11.4 Å². The van der Waals surface area contributed by atoms with E-state index in [-0.39, 0.29) is 21.2 Å². The Morgan fingerprint density at radius 1 is 1.28 bits per heavy atom. The first-order chi connectivity index (χ1) is 12.0. The lowest BCUT2D eigenvalue weighted by molar-refractivity contribution is 0.582. The van der Waals surface area contributed by atoms with Gasteiger partial charge in [-0.15, -0.1) is 0 Å². The highest BCUT2D eigenvalue weighted by molar-refractivity contribution is 7.90. The van der Waals surface area contributed by atoms with Gasteiger partial charge < -0.3 is 5.32 Å². The zero-order valence-corrected chi connectivity index (χ0v) is 14.7. The van der Waals surface area contributed by atoms with Crippen molar-refractivity contribution in [3.63, 3.8) is 0 Å². The molecule has 3 aromatic heterocycles. The first-order valence-corrected chi connectivity index (χ1v) is 9.09. The third-order valence-corrected chi connectivity index (χ3v) is 5.62. The molecule has 3 aromatic rings. The topological polar surface area (TPSA) is 76.9 Å². The summed E-state index contributed by atoms with van der Waals surface area (Å²) in [5.74, 6) is -0.804. The Morgan fingerprint density at radius 2 is 2.04 bits per heavy atom. The highest BCUT2D eigenvalue weighted by Gasteiger charge is 2.27. The second-order valence-electron chi connectivity index (χ2n) is 5.18. The lowest BCUT2D eigenvalue weighted by Crippen LogP contribution is -2.14. The van der Waals surface area contributed by atoms with E-state index in [1.54, 1.807) is 7.05 Å². The summed E-state index contributed by atoms with van der Waals surface area (Å²) in [5.41, 5.74) is 0.554. The number of aromatic nitrogens is 3. The quantitative estimate of drug-likeness (QED) is 0.689. The summed E-state index contributed by atoms with van der Waals surface area (Å²) in [6, 6.07) is 5.87. The van der Waals surface area contributed by atoms with Crippen LogP contribution >= 0.6 is 11.6 Å². The molecule has 0 amide bonds. The Balaban J connectivity index is 2.30. The summed E-state index contributed by atoms with van der Waals surface area (Å²) in [4.78, 5) is 7.40. The Hall–Kier alpha value is -2.29. The van der Waals surface area contributed by atoms with Crippen LogP contribution in [0.5, 0.6) is 0 Å². The first kappa shape index (κ1) is 17.5. The van der Waals surface area contributed by atoms with E-state index in [9.17, 15) is 12.8 Å². The highest BCUT2D eigenvalue weighted by atomic mass is 35.5. The van der Waals surface area contributed by atoms with Crippen molar-refractivity contribution in [2.75, 3.05) is 7.05 Å². The molecule has 0 unspecified atom stereocenters. The minimum atomic E-state index is -4.01. The molecule has 0 aliphatic heterocycles. The molecule has 0 aromatic carbocycles. The van der Waals surface area contributed by atoms with E-state index in [0.717, 1.165) is 3.97 Å². The monoisotopic (exact) mass is 380 g/mol. The van der Waals surface area contributed by atoms with Crippen LogP contribution in [0, 0.1) is 5.95 Å². The predicted octanol–water partition coefficient (Wildman–Crippen LogP) is 2.69. The minimum Gasteiger partial charge on any atom is -0.316 e. The lowest BCUT2D eigenvalue weighted by atomic mass is 10.2. The van der Waals surface area contributed by atoms with Crippen molar-refractivity contribution < 1.29 is 12.8 Å². The van der Waals surface area contributed by atoms with Crippen molar-refractivity contribution >= 4 is 21.6 Å². The summed E-state index contributed by atoms with van der Waals surface area (Å²) >= 11 is 6.37. The van der Waals surface area contributed by atoms with Crippen LogP contribution in [0.1, 0.15) is 5.56 Å². The average Bonchev–Trinajstić information content (AvgIpc) is 2.94. The van der Waals surface area contributed by atoms with Gasteiger partial charge in [0, 0.05) is 36.9 Å². The van der Waals surface area contributed by atoms with Crippen LogP contribution in [0.3, 0.4) is 0 Å². The average molecular weight is 381 g/mol. The van der Waals surface area contributed by atoms with Crippen molar-refractivity contribution in [3.8, 4) is 11.3 Å². The smallest absolute Gasteiger partial charge is 0.269 e. The van der Waals surface area contributed by atoms with Gasteiger partial charge in [-0.2, -0.15) is 4.39 Å². The van der Waals surface area contributed by atoms with Crippen LogP contribution < -0.4 is 5.32 Å². The molecule has 130 valence electrons. The molecule has 25 heavy (non-hydrogen) atoms. The fourth-order valence-corrected chi connectivity index (χ4v) is 4.15. The molecular weight excluding hydrogens is 367 g/mol. The summed E-state index contributed by atoms with van der Waals surface area (Å²) in [6.45, 7) is 0.323. The van der Waals surface area contributed by atoms with Crippen LogP contribution in [0.25, 0.3) is 11.3 Å². The number of hydrogen-bond acceptors (Lipinski definition) is 5. The highest BCUT2D eigenvalue weighted by Crippen LogP contribution is 2.36. The minimum absolute atomic E-state index is 0.00215. The second-order valence-corrected chi connectivity index (χ2v) is 7.37. The predicted molar refractivity (Wildman–Crippen MR) is 92.2 cm³/mol. The van der Waals surface area contributed by atoms with Gasteiger partial charge in [0.15, 0.2) is 0 Å². The fourth-order valence-electron chi connectivity index (χ4n) is 2.43. The van der Waals surface area contributed by atoms with Crippen molar-refractivity contribution in [2.24, 2.45) is 0 Å². The van der Waals surface area contributed by atoms with Gasteiger partial charge in [0.05, 0.1) is 16.3 Å².